The lowest BCUT2D eigenvalue weighted by Crippen LogP contribution is -2.51. The van der Waals surface area contributed by atoms with Crippen LogP contribution in [0.25, 0.3) is 0 Å². The Labute approximate surface area is 192 Å². The van der Waals surface area contributed by atoms with Gasteiger partial charge in [0.2, 0.25) is 0 Å². The van der Waals surface area contributed by atoms with Gasteiger partial charge in [-0.1, -0.05) is 42.5 Å². The van der Waals surface area contributed by atoms with Crippen molar-refractivity contribution in [2.24, 2.45) is 0 Å². The normalized spacial score (nSPS) is 18.6. The number of carbonyl (C=O) groups is 3. The Balaban J connectivity index is 1.29. The number of rotatable bonds is 6. The van der Waals surface area contributed by atoms with Crippen LogP contribution in [0.1, 0.15) is 22.8 Å². The predicted molar refractivity (Wildman–Crippen MR) is 119 cm³/mol. The van der Waals surface area contributed by atoms with E-state index in [4.69, 9.17) is 4.74 Å². The molecule has 9 nitrogen and oxygen atoms in total. The van der Waals surface area contributed by atoms with Crippen molar-refractivity contribution in [3.63, 3.8) is 0 Å². The molecular weight excluding hydrogens is 446 g/mol. The highest BCUT2D eigenvalue weighted by atomic mass is 32.2. The second kappa shape index (κ2) is 9.32. The molecule has 1 fully saturated rings. The number of amides is 2. The predicted octanol–water partition coefficient (Wildman–Crippen LogP) is 1.11. The summed E-state index contributed by atoms with van der Waals surface area (Å²) < 4.78 is 30.8. The van der Waals surface area contributed by atoms with E-state index in [0.29, 0.717) is 30.5 Å². The summed E-state index contributed by atoms with van der Waals surface area (Å²) in [7, 11) is -4.12. The Morgan fingerprint density at radius 2 is 1.61 bits per heavy atom. The fraction of sp³-hybridized carbons (Fsp3) is 0.348. The molecule has 10 heteroatoms. The third-order valence-electron chi connectivity index (χ3n) is 5.77. The largest absolute Gasteiger partial charge is 0.451 e. The number of hydrogen-bond acceptors (Lipinski definition) is 7. The molecule has 2 aromatic carbocycles. The molecule has 0 aromatic heterocycles. The van der Waals surface area contributed by atoms with Gasteiger partial charge in [-0.05, 0) is 24.6 Å². The molecule has 0 aliphatic carbocycles. The monoisotopic (exact) mass is 471 g/mol. The van der Waals surface area contributed by atoms with E-state index < -0.39 is 34.5 Å². The van der Waals surface area contributed by atoms with Gasteiger partial charge in [0.15, 0.2) is 6.10 Å². The molecule has 1 saturated heterocycles. The molecule has 2 aliphatic heterocycles. The van der Waals surface area contributed by atoms with Crippen LogP contribution < -0.4 is 0 Å². The number of piperazine rings is 1. The first-order valence-corrected chi connectivity index (χ1v) is 12.1. The molecule has 0 saturated carbocycles. The van der Waals surface area contributed by atoms with Crippen molar-refractivity contribution in [3.8, 4) is 0 Å². The SMILES string of the molecule is CC(OC(=O)CN1C(=O)c2ccccc2S1(=O)=O)C(=O)N1CCN(Cc2ccccc2)CC1. The van der Waals surface area contributed by atoms with Gasteiger partial charge in [0, 0.05) is 32.7 Å². The average Bonchev–Trinajstić information content (AvgIpc) is 3.00. The van der Waals surface area contributed by atoms with Gasteiger partial charge in [0.1, 0.15) is 11.4 Å². The van der Waals surface area contributed by atoms with E-state index in [1.54, 1.807) is 11.0 Å². The fourth-order valence-corrected chi connectivity index (χ4v) is 5.53. The zero-order valence-corrected chi connectivity index (χ0v) is 19.0. The minimum Gasteiger partial charge on any atom is -0.451 e. The summed E-state index contributed by atoms with van der Waals surface area (Å²) >= 11 is 0. The third-order valence-corrected chi connectivity index (χ3v) is 7.56. The van der Waals surface area contributed by atoms with E-state index in [0.717, 1.165) is 6.54 Å². The molecule has 33 heavy (non-hydrogen) atoms. The zero-order chi connectivity index (χ0) is 23.6. The van der Waals surface area contributed by atoms with Crippen molar-refractivity contribution in [1.29, 1.82) is 0 Å². The van der Waals surface area contributed by atoms with Crippen LogP contribution in [-0.4, -0.2) is 79.1 Å². The number of ether oxygens (including phenoxy) is 1. The summed E-state index contributed by atoms with van der Waals surface area (Å²) in [5, 5.41) is 0. The zero-order valence-electron chi connectivity index (χ0n) is 18.2. The summed E-state index contributed by atoms with van der Waals surface area (Å²) in [5.74, 6) is -2.08. The van der Waals surface area contributed by atoms with Crippen molar-refractivity contribution in [2.45, 2.75) is 24.5 Å². The number of esters is 1. The quantitative estimate of drug-likeness (QED) is 0.581. The smallest absolute Gasteiger partial charge is 0.327 e. The molecule has 2 aromatic rings. The van der Waals surface area contributed by atoms with E-state index >= 15 is 0 Å². The number of hydrogen-bond donors (Lipinski definition) is 0. The molecule has 0 radical (unpaired) electrons. The van der Waals surface area contributed by atoms with E-state index in [-0.39, 0.29) is 16.4 Å². The molecule has 2 amide bonds. The molecule has 1 atom stereocenters. The van der Waals surface area contributed by atoms with Gasteiger partial charge >= 0.3 is 5.97 Å². The molecule has 2 aliphatic rings. The molecule has 0 N–H and O–H groups in total. The Kier molecular flexibility index (Phi) is 6.48. The number of sulfonamides is 1. The highest BCUT2D eigenvalue weighted by Crippen LogP contribution is 2.29. The maximum Gasteiger partial charge on any atom is 0.327 e. The summed E-state index contributed by atoms with van der Waals surface area (Å²) in [6.07, 6.45) is -1.08. The molecule has 0 bridgehead atoms. The Morgan fingerprint density at radius 3 is 2.27 bits per heavy atom. The number of fused-ring (bicyclic) bond motifs is 1. The summed E-state index contributed by atoms with van der Waals surface area (Å²) in [4.78, 5) is 41.3. The van der Waals surface area contributed by atoms with E-state index in [1.165, 1.54) is 30.7 Å². The second-order valence-corrected chi connectivity index (χ2v) is 9.86. The van der Waals surface area contributed by atoms with E-state index in [1.807, 2.05) is 18.2 Å². The van der Waals surface area contributed by atoms with Crippen LogP contribution in [0.15, 0.2) is 59.5 Å². The van der Waals surface area contributed by atoms with Gasteiger partial charge in [-0.25, -0.2) is 12.7 Å². The highest BCUT2D eigenvalue weighted by molar-refractivity contribution is 7.90. The van der Waals surface area contributed by atoms with Crippen LogP contribution in [-0.2, 0) is 30.9 Å². The Bertz CT molecular complexity index is 1160. The molecule has 1 unspecified atom stereocenters. The van der Waals surface area contributed by atoms with Crippen LogP contribution in [0, 0.1) is 0 Å². The van der Waals surface area contributed by atoms with Crippen LogP contribution in [0.3, 0.4) is 0 Å². The van der Waals surface area contributed by atoms with Crippen LogP contribution in [0.2, 0.25) is 0 Å². The van der Waals surface area contributed by atoms with Crippen LogP contribution in [0.5, 0.6) is 0 Å². The van der Waals surface area contributed by atoms with Crippen LogP contribution in [0.4, 0.5) is 0 Å². The Hall–Kier alpha value is -3.24. The third kappa shape index (κ3) is 4.76. The minimum atomic E-state index is -4.12. The molecule has 174 valence electrons. The maximum atomic E-state index is 12.7. The molecule has 0 spiro atoms. The summed E-state index contributed by atoms with van der Waals surface area (Å²) in [5.41, 5.74) is 1.22. The summed E-state index contributed by atoms with van der Waals surface area (Å²) in [6, 6.07) is 15.8. The summed E-state index contributed by atoms with van der Waals surface area (Å²) in [6.45, 7) is 3.86. The average molecular weight is 472 g/mol. The van der Waals surface area contributed by atoms with Gasteiger partial charge < -0.3 is 9.64 Å². The van der Waals surface area contributed by atoms with Gasteiger partial charge in [-0.15, -0.1) is 0 Å². The molecule has 2 heterocycles. The topological polar surface area (TPSA) is 104 Å². The second-order valence-electron chi connectivity index (χ2n) is 8.03. The lowest BCUT2D eigenvalue weighted by atomic mass is 10.2. The number of nitrogens with zero attached hydrogens (tertiary/aromatic N) is 3. The lowest BCUT2D eigenvalue weighted by molar-refractivity contribution is -0.159. The fourth-order valence-electron chi connectivity index (χ4n) is 4.01. The first-order valence-electron chi connectivity index (χ1n) is 10.7. The van der Waals surface area contributed by atoms with Crippen molar-refractivity contribution < 1.29 is 27.5 Å². The maximum absolute atomic E-state index is 12.7. The molecular formula is C23H25N3O6S. The van der Waals surface area contributed by atoms with Crippen molar-refractivity contribution >= 4 is 27.8 Å². The molecule has 4 rings (SSSR count). The van der Waals surface area contributed by atoms with Crippen molar-refractivity contribution in [1.82, 2.24) is 14.1 Å². The van der Waals surface area contributed by atoms with Gasteiger partial charge in [-0.2, -0.15) is 0 Å². The highest BCUT2D eigenvalue weighted by Gasteiger charge is 2.42. The Morgan fingerprint density at radius 1 is 0.970 bits per heavy atom. The van der Waals surface area contributed by atoms with Crippen LogP contribution >= 0.6 is 0 Å². The van der Waals surface area contributed by atoms with Gasteiger partial charge in [-0.3, -0.25) is 19.3 Å². The van der Waals surface area contributed by atoms with Gasteiger partial charge in [0.05, 0.1) is 5.56 Å². The van der Waals surface area contributed by atoms with Gasteiger partial charge in [0.25, 0.3) is 21.8 Å². The van der Waals surface area contributed by atoms with E-state index in [9.17, 15) is 22.8 Å². The first kappa shape index (κ1) is 22.9. The van der Waals surface area contributed by atoms with E-state index in [2.05, 4.69) is 17.0 Å². The van der Waals surface area contributed by atoms with Crippen molar-refractivity contribution in [2.75, 3.05) is 32.7 Å². The minimum absolute atomic E-state index is 0.0165. The van der Waals surface area contributed by atoms with Crippen molar-refractivity contribution in [3.05, 3.63) is 65.7 Å². The first-order chi connectivity index (χ1) is 15.8. The number of carbonyl (C=O) groups excluding carboxylic acids is 3. The number of benzene rings is 2. The standard InChI is InChI=1S/C23H25N3O6S/c1-17(22(28)25-13-11-24(12-14-25)15-18-7-3-2-4-8-18)32-21(27)16-26-23(29)19-9-5-6-10-20(19)33(26,30)31/h2-10,17H,11-16H2,1H3. The lowest BCUT2D eigenvalue weighted by Gasteiger charge is -2.35.